The molecule has 0 bridgehead atoms. The molecular weight excluding hydrogens is 346 g/mol. The highest BCUT2D eigenvalue weighted by molar-refractivity contribution is 7.92. The van der Waals surface area contributed by atoms with Crippen molar-refractivity contribution in [3.63, 3.8) is 0 Å². The molecule has 3 aromatic rings. The summed E-state index contributed by atoms with van der Waals surface area (Å²) in [6.07, 6.45) is 0. The number of halogens is 1. The van der Waals surface area contributed by atoms with Crippen LogP contribution in [0.4, 0.5) is 5.69 Å². The SMILES string of the molecule is Cc1ccc(S(=O)(=O)Nc2cc(Cl)c3oc(=O)sc3c2)cc1. The van der Waals surface area contributed by atoms with Crippen molar-refractivity contribution < 1.29 is 12.8 Å². The number of hydrogen-bond donors (Lipinski definition) is 1. The van der Waals surface area contributed by atoms with Gasteiger partial charge in [-0.2, -0.15) is 0 Å². The first-order valence-corrected chi connectivity index (χ1v) is 8.85. The second-order valence-corrected chi connectivity index (χ2v) is 7.72. The maximum Gasteiger partial charge on any atom is 0.396 e. The van der Waals surface area contributed by atoms with Crippen LogP contribution < -0.4 is 9.66 Å². The molecule has 0 aliphatic heterocycles. The van der Waals surface area contributed by atoms with Crippen molar-refractivity contribution in [3.8, 4) is 0 Å². The van der Waals surface area contributed by atoms with Crippen molar-refractivity contribution in [1.82, 2.24) is 0 Å². The van der Waals surface area contributed by atoms with Gasteiger partial charge in [0.1, 0.15) is 0 Å². The largest absolute Gasteiger partial charge is 0.412 e. The third-order valence-corrected chi connectivity index (χ3v) is 5.42. The molecule has 0 atom stereocenters. The van der Waals surface area contributed by atoms with Gasteiger partial charge in [-0.25, -0.2) is 13.2 Å². The van der Waals surface area contributed by atoms with E-state index in [1.807, 2.05) is 6.92 Å². The van der Waals surface area contributed by atoms with E-state index >= 15 is 0 Å². The van der Waals surface area contributed by atoms with Crippen molar-refractivity contribution in [3.05, 3.63) is 56.7 Å². The van der Waals surface area contributed by atoms with E-state index < -0.39 is 15.0 Å². The molecule has 0 saturated heterocycles. The quantitative estimate of drug-likeness (QED) is 0.778. The minimum Gasteiger partial charge on any atom is -0.412 e. The minimum absolute atomic E-state index is 0.148. The third kappa shape index (κ3) is 2.87. The van der Waals surface area contributed by atoms with Gasteiger partial charge in [0.2, 0.25) is 0 Å². The summed E-state index contributed by atoms with van der Waals surface area (Å²) in [5.74, 6) is 0. The lowest BCUT2D eigenvalue weighted by Gasteiger charge is -2.08. The van der Waals surface area contributed by atoms with Crippen LogP contribution in [0.1, 0.15) is 5.56 Å². The van der Waals surface area contributed by atoms with Crippen LogP contribution >= 0.6 is 22.9 Å². The van der Waals surface area contributed by atoms with Crippen LogP contribution in [0.2, 0.25) is 5.02 Å². The predicted molar refractivity (Wildman–Crippen MR) is 87.4 cm³/mol. The second-order valence-electron chi connectivity index (χ2n) is 4.66. The van der Waals surface area contributed by atoms with Gasteiger partial charge >= 0.3 is 4.94 Å². The fourth-order valence-electron chi connectivity index (χ4n) is 1.93. The fraction of sp³-hybridized carbons (Fsp3) is 0.0714. The number of nitrogens with one attached hydrogen (secondary N) is 1. The number of benzene rings is 2. The van der Waals surface area contributed by atoms with E-state index in [0.717, 1.165) is 16.9 Å². The fourth-order valence-corrected chi connectivity index (χ4v) is 4.02. The molecule has 0 unspecified atom stereocenters. The lowest BCUT2D eigenvalue weighted by atomic mass is 10.2. The van der Waals surface area contributed by atoms with Crippen LogP contribution in [0.3, 0.4) is 0 Å². The summed E-state index contributed by atoms with van der Waals surface area (Å²) in [5.41, 5.74) is 1.50. The maximum atomic E-state index is 12.3. The van der Waals surface area contributed by atoms with Gasteiger partial charge in [0.25, 0.3) is 10.0 Å². The Morgan fingerprint density at radius 2 is 1.86 bits per heavy atom. The maximum absolute atomic E-state index is 12.3. The van der Waals surface area contributed by atoms with E-state index in [1.165, 1.54) is 24.3 Å². The van der Waals surface area contributed by atoms with Crippen molar-refractivity contribution in [1.29, 1.82) is 0 Å². The van der Waals surface area contributed by atoms with Crippen molar-refractivity contribution >= 4 is 48.9 Å². The predicted octanol–water partition coefficient (Wildman–Crippen LogP) is 3.62. The molecule has 3 rings (SSSR count). The summed E-state index contributed by atoms with van der Waals surface area (Å²) < 4.78 is 32.5. The standard InChI is InChI=1S/C14H10ClNO4S2/c1-8-2-4-10(5-3-8)22(18,19)16-9-6-11(15)13-12(7-9)21-14(17)20-13/h2-7,16H,1H3. The molecule has 1 N–H and O–H groups in total. The summed E-state index contributed by atoms with van der Waals surface area (Å²) in [6.45, 7) is 1.87. The summed E-state index contributed by atoms with van der Waals surface area (Å²) in [7, 11) is -3.72. The smallest absolute Gasteiger partial charge is 0.396 e. The van der Waals surface area contributed by atoms with Gasteiger partial charge in [0.05, 0.1) is 20.3 Å². The Bertz CT molecular complexity index is 1000. The highest BCUT2D eigenvalue weighted by Gasteiger charge is 2.16. The molecule has 22 heavy (non-hydrogen) atoms. The molecule has 0 fully saturated rings. The molecule has 2 aromatic carbocycles. The number of hydrogen-bond acceptors (Lipinski definition) is 5. The van der Waals surface area contributed by atoms with Crippen LogP contribution in [0.5, 0.6) is 0 Å². The molecule has 0 aliphatic rings. The summed E-state index contributed by atoms with van der Waals surface area (Å²) in [5, 5.41) is 0.178. The molecule has 5 nitrogen and oxygen atoms in total. The minimum atomic E-state index is -3.72. The Labute approximate surface area is 135 Å². The van der Waals surface area contributed by atoms with E-state index in [2.05, 4.69) is 4.72 Å². The topological polar surface area (TPSA) is 76.4 Å². The molecule has 1 heterocycles. The molecule has 0 radical (unpaired) electrons. The van der Waals surface area contributed by atoms with Gasteiger partial charge in [-0.05, 0) is 31.2 Å². The van der Waals surface area contributed by atoms with Crippen LogP contribution in [0.15, 0.2) is 50.5 Å². The third-order valence-electron chi connectivity index (χ3n) is 2.97. The number of sulfonamides is 1. The zero-order valence-corrected chi connectivity index (χ0v) is 13.7. The average Bonchev–Trinajstić information content (AvgIpc) is 2.80. The first-order valence-electron chi connectivity index (χ1n) is 6.18. The molecule has 0 saturated carbocycles. The van der Waals surface area contributed by atoms with E-state index in [1.54, 1.807) is 12.1 Å². The number of fused-ring (bicyclic) bond motifs is 1. The Hall–Kier alpha value is -1.83. The van der Waals surface area contributed by atoms with Gasteiger partial charge in [0.15, 0.2) is 5.58 Å². The molecule has 1 aromatic heterocycles. The van der Waals surface area contributed by atoms with Gasteiger partial charge in [-0.1, -0.05) is 40.6 Å². The molecule has 114 valence electrons. The first kappa shape index (κ1) is 15.1. The first-order chi connectivity index (χ1) is 10.3. The molecular formula is C14H10ClNO4S2. The highest BCUT2D eigenvalue weighted by Crippen LogP contribution is 2.30. The Morgan fingerprint density at radius 1 is 1.18 bits per heavy atom. The summed E-state index contributed by atoms with van der Waals surface area (Å²) in [4.78, 5) is 10.9. The average molecular weight is 356 g/mol. The zero-order chi connectivity index (χ0) is 15.9. The Kier molecular flexibility index (Phi) is 3.72. The van der Waals surface area contributed by atoms with Crippen LogP contribution in [0, 0.1) is 6.92 Å². The lowest BCUT2D eigenvalue weighted by Crippen LogP contribution is -2.12. The number of aryl methyl sites for hydroxylation is 1. The Balaban J connectivity index is 2.01. The van der Waals surface area contributed by atoms with E-state index in [-0.39, 0.29) is 21.2 Å². The van der Waals surface area contributed by atoms with E-state index in [4.69, 9.17) is 16.0 Å². The van der Waals surface area contributed by atoms with Gasteiger partial charge in [-0.15, -0.1) is 0 Å². The van der Waals surface area contributed by atoms with Gasteiger partial charge in [-0.3, -0.25) is 4.72 Å². The van der Waals surface area contributed by atoms with Crippen LogP contribution in [-0.4, -0.2) is 8.42 Å². The highest BCUT2D eigenvalue weighted by atomic mass is 35.5. The second kappa shape index (κ2) is 5.42. The number of rotatable bonds is 3. The van der Waals surface area contributed by atoms with Crippen LogP contribution in [-0.2, 0) is 10.0 Å². The van der Waals surface area contributed by atoms with Gasteiger partial charge in [0, 0.05) is 0 Å². The van der Waals surface area contributed by atoms with E-state index in [0.29, 0.717) is 4.70 Å². The van der Waals surface area contributed by atoms with Crippen molar-refractivity contribution in [2.45, 2.75) is 11.8 Å². The summed E-state index contributed by atoms with van der Waals surface area (Å²) in [6, 6.07) is 9.40. The monoisotopic (exact) mass is 355 g/mol. The van der Waals surface area contributed by atoms with Crippen molar-refractivity contribution in [2.75, 3.05) is 4.72 Å². The molecule has 0 aliphatic carbocycles. The molecule has 8 heteroatoms. The van der Waals surface area contributed by atoms with Crippen LogP contribution in [0.25, 0.3) is 10.3 Å². The lowest BCUT2D eigenvalue weighted by molar-refractivity contribution is 0.585. The zero-order valence-electron chi connectivity index (χ0n) is 11.3. The van der Waals surface area contributed by atoms with E-state index in [9.17, 15) is 13.2 Å². The van der Waals surface area contributed by atoms with Gasteiger partial charge < -0.3 is 4.42 Å². The Morgan fingerprint density at radius 3 is 2.55 bits per heavy atom. The molecule has 0 spiro atoms. The number of anilines is 1. The van der Waals surface area contributed by atoms with Crippen molar-refractivity contribution in [2.24, 2.45) is 0 Å². The molecule has 0 amide bonds. The normalized spacial score (nSPS) is 11.7. The summed E-state index contributed by atoms with van der Waals surface area (Å²) >= 11 is 6.87.